The molecule has 0 saturated carbocycles. The smallest absolute Gasteiger partial charge is 0.224 e. The van der Waals surface area contributed by atoms with Crippen molar-refractivity contribution in [2.75, 3.05) is 7.11 Å². The highest BCUT2D eigenvalue weighted by Gasteiger charge is 2.38. The first-order chi connectivity index (χ1) is 10.8. The molecule has 0 aliphatic heterocycles. The minimum absolute atomic E-state index is 0.0733. The van der Waals surface area contributed by atoms with Crippen molar-refractivity contribution in [1.82, 2.24) is 0 Å². The standard InChI is InChI=1S/C21H32O3/c1-13(12-20(4,5)6)10-11-21(7,8)16-14(2)18(23)19(24-9)15(3)17(16)22/h10H,11-12H2,1-9H3/b13-10+. The molecule has 1 rings (SSSR count). The first-order valence-electron chi connectivity index (χ1n) is 8.53. The first-order valence-corrected chi connectivity index (χ1v) is 8.53. The normalized spacial score (nSPS) is 17.8. The zero-order valence-corrected chi connectivity index (χ0v) is 16.7. The average Bonchev–Trinajstić information content (AvgIpc) is 2.42. The minimum atomic E-state index is -0.392. The van der Waals surface area contributed by atoms with Gasteiger partial charge < -0.3 is 4.74 Å². The van der Waals surface area contributed by atoms with Crippen LogP contribution < -0.4 is 0 Å². The van der Waals surface area contributed by atoms with Gasteiger partial charge in [-0.05, 0) is 44.4 Å². The molecule has 0 radical (unpaired) electrons. The van der Waals surface area contributed by atoms with Gasteiger partial charge in [0.05, 0.1) is 7.11 Å². The van der Waals surface area contributed by atoms with Gasteiger partial charge in [-0.2, -0.15) is 0 Å². The van der Waals surface area contributed by atoms with Gasteiger partial charge in [0, 0.05) is 16.7 Å². The highest BCUT2D eigenvalue weighted by molar-refractivity contribution is 6.24. The molecule has 0 aromatic rings. The lowest BCUT2D eigenvalue weighted by Crippen LogP contribution is -2.30. The molecule has 0 fully saturated rings. The molecular formula is C21H32O3. The summed E-state index contributed by atoms with van der Waals surface area (Å²) in [6.07, 6.45) is 3.95. The minimum Gasteiger partial charge on any atom is -0.492 e. The molecule has 0 heterocycles. The summed E-state index contributed by atoms with van der Waals surface area (Å²) in [4.78, 5) is 25.3. The fourth-order valence-corrected chi connectivity index (χ4v) is 3.42. The van der Waals surface area contributed by atoms with Crippen molar-refractivity contribution in [2.24, 2.45) is 10.8 Å². The van der Waals surface area contributed by atoms with Crippen LogP contribution in [-0.2, 0) is 14.3 Å². The number of allylic oxidation sites excluding steroid dienone is 5. The van der Waals surface area contributed by atoms with Crippen LogP contribution in [0.1, 0.15) is 68.2 Å². The van der Waals surface area contributed by atoms with Gasteiger partial charge in [-0.3, -0.25) is 9.59 Å². The summed E-state index contributed by atoms with van der Waals surface area (Å²) in [5, 5.41) is 0. The van der Waals surface area contributed by atoms with Gasteiger partial charge in [0.15, 0.2) is 11.5 Å². The summed E-state index contributed by atoms with van der Waals surface area (Å²) >= 11 is 0. The molecule has 3 nitrogen and oxygen atoms in total. The van der Waals surface area contributed by atoms with Crippen molar-refractivity contribution in [3.8, 4) is 0 Å². The van der Waals surface area contributed by atoms with Crippen LogP contribution in [0.4, 0.5) is 0 Å². The van der Waals surface area contributed by atoms with Crippen LogP contribution in [0.2, 0.25) is 0 Å². The second-order valence-corrected chi connectivity index (χ2v) is 8.69. The maximum absolute atomic E-state index is 12.8. The summed E-state index contributed by atoms with van der Waals surface area (Å²) in [7, 11) is 1.44. The van der Waals surface area contributed by atoms with Gasteiger partial charge in [-0.1, -0.05) is 46.3 Å². The molecule has 0 unspecified atom stereocenters. The Balaban J connectivity index is 3.15. The fourth-order valence-electron chi connectivity index (χ4n) is 3.42. The Kier molecular flexibility index (Phi) is 6.02. The van der Waals surface area contributed by atoms with E-state index in [2.05, 4.69) is 33.8 Å². The zero-order valence-electron chi connectivity index (χ0n) is 16.7. The van der Waals surface area contributed by atoms with Crippen LogP contribution in [-0.4, -0.2) is 18.7 Å². The Morgan fingerprint density at radius 1 is 1.00 bits per heavy atom. The van der Waals surface area contributed by atoms with Crippen molar-refractivity contribution in [1.29, 1.82) is 0 Å². The first kappa shape index (κ1) is 20.4. The largest absolute Gasteiger partial charge is 0.492 e. The quantitative estimate of drug-likeness (QED) is 0.515. The number of rotatable bonds is 5. The Morgan fingerprint density at radius 2 is 1.54 bits per heavy atom. The fraction of sp³-hybridized carbons (Fsp3) is 0.619. The molecule has 3 heteroatoms. The lowest BCUT2D eigenvalue weighted by atomic mass is 9.72. The van der Waals surface area contributed by atoms with Crippen LogP contribution in [0, 0.1) is 10.8 Å². The Morgan fingerprint density at radius 3 is 2.00 bits per heavy atom. The number of Topliss-reactive ketones (excluding diaryl/α,β-unsaturated/α-hetero) is 2. The van der Waals surface area contributed by atoms with Crippen LogP contribution >= 0.6 is 0 Å². The molecule has 0 saturated heterocycles. The predicted molar refractivity (Wildman–Crippen MR) is 98.7 cm³/mol. The zero-order chi connectivity index (χ0) is 18.9. The summed E-state index contributed by atoms with van der Waals surface area (Å²) in [6, 6.07) is 0. The average molecular weight is 332 g/mol. The van der Waals surface area contributed by atoms with E-state index in [1.807, 2.05) is 13.8 Å². The number of methoxy groups -OCH3 is 1. The highest BCUT2D eigenvalue weighted by Crippen LogP contribution is 2.39. The molecule has 1 aliphatic rings. The second kappa shape index (κ2) is 7.08. The summed E-state index contributed by atoms with van der Waals surface area (Å²) in [5.41, 5.74) is 2.69. The highest BCUT2D eigenvalue weighted by atomic mass is 16.5. The molecule has 0 aromatic carbocycles. The van der Waals surface area contributed by atoms with Crippen LogP contribution in [0.3, 0.4) is 0 Å². The molecule has 0 bridgehead atoms. The molecule has 24 heavy (non-hydrogen) atoms. The van der Waals surface area contributed by atoms with Crippen LogP contribution in [0.15, 0.2) is 34.1 Å². The van der Waals surface area contributed by atoms with E-state index in [9.17, 15) is 9.59 Å². The number of ketones is 2. The lowest BCUT2D eigenvalue weighted by Gasteiger charge is -2.31. The summed E-state index contributed by atoms with van der Waals surface area (Å²) < 4.78 is 5.13. The number of hydrogen-bond acceptors (Lipinski definition) is 3. The topological polar surface area (TPSA) is 43.4 Å². The third-order valence-electron chi connectivity index (χ3n) is 4.48. The monoisotopic (exact) mass is 332 g/mol. The third kappa shape index (κ3) is 4.46. The molecule has 0 aromatic heterocycles. The van der Waals surface area contributed by atoms with Crippen molar-refractivity contribution >= 4 is 11.6 Å². The predicted octanol–water partition coefficient (Wildman–Crippen LogP) is 5.17. The summed E-state index contributed by atoms with van der Waals surface area (Å²) in [5.74, 6) is -0.0691. The maximum Gasteiger partial charge on any atom is 0.224 e. The SMILES string of the molecule is COC1=C(C)C(=O)C(C(C)(C)C/C=C(\C)CC(C)(C)C)=C(C)C1=O. The van der Waals surface area contributed by atoms with Crippen molar-refractivity contribution in [3.63, 3.8) is 0 Å². The Labute approximate surface area is 146 Å². The van der Waals surface area contributed by atoms with E-state index in [0.717, 1.165) is 12.8 Å². The second-order valence-electron chi connectivity index (χ2n) is 8.69. The van der Waals surface area contributed by atoms with Crippen LogP contribution in [0.25, 0.3) is 0 Å². The molecule has 0 atom stereocenters. The number of carbonyl (C=O) groups excluding carboxylic acids is 2. The lowest BCUT2D eigenvalue weighted by molar-refractivity contribution is -0.119. The van der Waals surface area contributed by atoms with E-state index in [1.54, 1.807) is 13.8 Å². The van der Waals surface area contributed by atoms with E-state index in [1.165, 1.54) is 12.7 Å². The van der Waals surface area contributed by atoms with Gasteiger partial charge in [0.25, 0.3) is 0 Å². The van der Waals surface area contributed by atoms with Gasteiger partial charge in [0.1, 0.15) is 0 Å². The molecule has 0 spiro atoms. The van der Waals surface area contributed by atoms with Crippen molar-refractivity contribution < 1.29 is 14.3 Å². The van der Waals surface area contributed by atoms with Gasteiger partial charge in [0.2, 0.25) is 5.78 Å². The van der Waals surface area contributed by atoms with E-state index < -0.39 is 5.41 Å². The number of hydrogen-bond donors (Lipinski definition) is 0. The molecule has 1 aliphatic carbocycles. The van der Waals surface area contributed by atoms with E-state index in [4.69, 9.17) is 4.74 Å². The van der Waals surface area contributed by atoms with Crippen molar-refractivity contribution in [3.05, 3.63) is 34.1 Å². The third-order valence-corrected chi connectivity index (χ3v) is 4.48. The number of carbonyl (C=O) groups is 2. The Bertz CT molecular complexity index is 634. The number of ether oxygens (including phenoxy) is 1. The van der Waals surface area contributed by atoms with E-state index >= 15 is 0 Å². The van der Waals surface area contributed by atoms with Gasteiger partial charge >= 0.3 is 0 Å². The molecular weight excluding hydrogens is 300 g/mol. The Hall–Kier alpha value is -1.64. The van der Waals surface area contributed by atoms with Gasteiger partial charge in [-0.25, -0.2) is 0 Å². The molecule has 134 valence electrons. The van der Waals surface area contributed by atoms with E-state index in [0.29, 0.717) is 16.7 Å². The molecule has 0 N–H and O–H groups in total. The molecule has 0 amide bonds. The van der Waals surface area contributed by atoms with Gasteiger partial charge in [-0.15, -0.1) is 0 Å². The maximum atomic E-state index is 12.8. The summed E-state index contributed by atoms with van der Waals surface area (Å²) in [6.45, 7) is 16.2. The van der Waals surface area contributed by atoms with Crippen LogP contribution in [0.5, 0.6) is 0 Å². The van der Waals surface area contributed by atoms with Crippen molar-refractivity contribution in [2.45, 2.75) is 68.2 Å². The van der Waals surface area contributed by atoms with E-state index in [-0.39, 0.29) is 22.7 Å².